The van der Waals surface area contributed by atoms with Crippen molar-refractivity contribution in [3.63, 3.8) is 0 Å². The highest BCUT2D eigenvalue weighted by atomic mass is 16.7. The van der Waals surface area contributed by atoms with Crippen LogP contribution in [-0.4, -0.2) is 54.8 Å². The van der Waals surface area contributed by atoms with Crippen LogP contribution >= 0.6 is 0 Å². The molecule has 0 rings (SSSR count). The predicted octanol–water partition coefficient (Wildman–Crippen LogP) is 1.65. The van der Waals surface area contributed by atoms with Crippen LogP contribution in [0.5, 0.6) is 0 Å². The first-order valence-electron chi connectivity index (χ1n) is 5.99. The Morgan fingerprint density at radius 1 is 1.22 bits per heavy atom. The van der Waals surface area contributed by atoms with Crippen LogP contribution in [0.25, 0.3) is 0 Å². The molecule has 0 aromatic heterocycles. The maximum atomic E-state index is 11.8. The summed E-state index contributed by atoms with van der Waals surface area (Å²) in [6.07, 6.45) is -0.199. The first-order chi connectivity index (χ1) is 8.21. The molecule has 0 atom stereocenters. The van der Waals surface area contributed by atoms with Crippen LogP contribution in [0.4, 0.5) is 4.79 Å². The largest absolute Gasteiger partial charge is 0.444 e. The van der Waals surface area contributed by atoms with Gasteiger partial charge in [-0.3, -0.25) is 9.63 Å². The zero-order valence-corrected chi connectivity index (χ0v) is 12.1. The molecule has 6 nitrogen and oxygen atoms in total. The number of amides is 2. The van der Waals surface area contributed by atoms with E-state index in [0.717, 1.165) is 5.06 Å². The molecule has 0 aliphatic rings. The number of hydrogen-bond acceptors (Lipinski definition) is 4. The molecule has 0 fully saturated rings. The van der Waals surface area contributed by atoms with E-state index in [1.807, 2.05) is 27.7 Å². The van der Waals surface area contributed by atoms with E-state index in [-0.39, 0.29) is 12.3 Å². The maximum Gasteiger partial charge on any atom is 0.410 e. The van der Waals surface area contributed by atoms with Gasteiger partial charge < -0.3 is 9.64 Å². The second-order valence-corrected chi connectivity index (χ2v) is 4.88. The van der Waals surface area contributed by atoms with Gasteiger partial charge in [0, 0.05) is 26.6 Å². The van der Waals surface area contributed by atoms with Gasteiger partial charge in [-0.2, -0.15) is 0 Å². The molecule has 6 heteroatoms. The van der Waals surface area contributed by atoms with E-state index in [9.17, 15) is 9.59 Å². The van der Waals surface area contributed by atoms with Crippen LogP contribution in [-0.2, 0) is 14.4 Å². The van der Waals surface area contributed by atoms with E-state index in [1.165, 1.54) is 19.1 Å². The van der Waals surface area contributed by atoms with E-state index in [2.05, 4.69) is 0 Å². The van der Waals surface area contributed by atoms with Crippen molar-refractivity contribution in [3.05, 3.63) is 0 Å². The fourth-order valence-corrected chi connectivity index (χ4v) is 1.19. The summed E-state index contributed by atoms with van der Waals surface area (Å²) in [5.41, 5.74) is -0.530. The third-order valence-corrected chi connectivity index (χ3v) is 2.25. The number of hydroxylamine groups is 2. The topological polar surface area (TPSA) is 59.1 Å². The lowest BCUT2D eigenvalue weighted by atomic mass is 10.2. The zero-order valence-electron chi connectivity index (χ0n) is 12.1. The van der Waals surface area contributed by atoms with Gasteiger partial charge in [0.1, 0.15) is 5.60 Å². The third-order valence-electron chi connectivity index (χ3n) is 2.25. The number of carbonyl (C=O) groups is 2. The van der Waals surface area contributed by atoms with Crippen molar-refractivity contribution in [1.82, 2.24) is 9.96 Å². The van der Waals surface area contributed by atoms with E-state index in [4.69, 9.17) is 9.57 Å². The molecule has 0 saturated heterocycles. The zero-order chi connectivity index (χ0) is 14.3. The molecule has 0 unspecified atom stereocenters. The standard InChI is InChI=1S/C12H24N2O4/c1-7-14(11(16)18-12(2,3)4)9-8-10(15)13(5)17-6/h7-9H2,1-6H3. The molecule has 0 aliphatic carbocycles. The molecule has 0 N–H and O–H groups in total. The lowest BCUT2D eigenvalue weighted by Gasteiger charge is -2.26. The number of hydrogen-bond donors (Lipinski definition) is 0. The Hall–Kier alpha value is -1.30. The molecule has 0 aliphatic heterocycles. The second kappa shape index (κ2) is 7.20. The summed E-state index contributed by atoms with van der Waals surface area (Å²) in [7, 11) is 2.95. The van der Waals surface area contributed by atoms with E-state index in [1.54, 1.807) is 0 Å². The monoisotopic (exact) mass is 260 g/mol. The SMILES string of the molecule is CCN(CCC(=O)N(C)OC)C(=O)OC(C)(C)C. The van der Waals surface area contributed by atoms with Crippen molar-refractivity contribution in [2.45, 2.75) is 39.7 Å². The summed E-state index contributed by atoms with van der Waals surface area (Å²) in [4.78, 5) is 29.6. The predicted molar refractivity (Wildman–Crippen MR) is 67.9 cm³/mol. The van der Waals surface area contributed by atoms with Gasteiger partial charge in [0.05, 0.1) is 7.11 Å². The molecule has 106 valence electrons. The van der Waals surface area contributed by atoms with Gasteiger partial charge in [0.25, 0.3) is 0 Å². The number of rotatable bonds is 5. The smallest absolute Gasteiger partial charge is 0.410 e. The molecule has 0 radical (unpaired) electrons. The molecular weight excluding hydrogens is 236 g/mol. The molecule has 2 amide bonds. The number of nitrogens with zero attached hydrogens (tertiary/aromatic N) is 2. The van der Waals surface area contributed by atoms with E-state index >= 15 is 0 Å². The Bertz CT molecular complexity index is 286. The van der Waals surface area contributed by atoms with Gasteiger partial charge in [-0.15, -0.1) is 0 Å². The fourth-order valence-electron chi connectivity index (χ4n) is 1.19. The summed E-state index contributed by atoms with van der Waals surface area (Å²) in [6, 6.07) is 0. The van der Waals surface area contributed by atoms with E-state index in [0.29, 0.717) is 13.1 Å². The summed E-state index contributed by atoms with van der Waals surface area (Å²) in [5.74, 6) is -0.181. The van der Waals surface area contributed by atoms with Crippen molar-refractivity contribution >= 4 is 12.0 Å². The van der Waals surface area contributed by atoms with Gasteiger partial charge in [0.15, 0.2) is 0 Å². The summed E-state index contributed by atoms with van der Waals surface area (Å²) < 4.78 is 5.24. The number of carbonyl (C=O) groups excluding carboxylic acids is 2. The maximum absolute atomic E-state index is 11.8. The highest BCUT2D eigenvalue weighted by Gasteiger charge is 2.21. The lowest BCUT2D eigenvalue weighted by Crippen LogP contribution is -2.39. The van der Waals surface area contributed by atoms with Crippen molar-refractivity contribution in [2.75, 3.05) is 27.2 Å². The van der Waals surface area contributed by atoms with Gasteiger partial charge in [-0.1, -0.05) is 0 Å². The van der Waals surface area contributed by atoms with Gasteiger partial charge in [-0.05, 0) is 27.7 Å². The van der Waals surface area contributed by atoms with Crippen molar-refractivity contribution in [2.24, 2.45) is 0 Å². The molecule has 0 aromatic rings. The van der Waals surface area contributed by atoms with Crippen molar-refractivity contribution in [3.8, 4) is 0 Å². The van der Waals surface area contributed by atoms with Crippen molar-refractivity contribution in [1.29, 1.82) is 0 Å². The van der Waals surface area contributed by atoms with Gasteiger partial charge >= 0.3 is 6.09 Å². The highest BCUT2D eigenvalue weighted by Crippen LogP contribution is 2.10. The minimum absolute atomic E-state index is 0.181. The molecule has 0 saturated carbocycles. The highest BCUT2D eigenvalue weighted by molar-refractivity contribution is 5.76. The fraction of sp³-hybridized carbons (Fsp3) is 0.833. The van der Waals surface area contributed by atoms with Crippen molar-refractivity contribution < 1.29 is 19.2 Å². The Kier molecular flexibility index (Phi) is 6.68. The Morgan fingerprint density at radius 2 is 1.78 bits per heavy atom. The average molecular weight is 260 g/mol. The first-order valence-corrected chi connectivity index (χ1v) is 5.99. The third kappa shape index (κ3) is 6.44. The normalized spacial score (nSPS) is 11.0. The van der Waals surface area contributed by atoms with Crippen LogP contribution in [0.15, 0.2) is 0 Å². The molecule has 18 heavy (non-hydrogen) atoms. The van der Waals surface area contributed by atoms with Crippen LogP contribution in [0.1, 0.15) is 34.1 Å². The van der Waals surface area contributed by atoms with Crippen LogP contribution in [0, 0.1) is 0 Å². The Morgan fingerprint density at radius 3 is 2.17 bits per heavy atom. The number of ether oxygens (including phenoxy) is 1. The first kappa shape index (κ1) is 16.7. The van der Waals surface area contributed by atoms with E-state index < -0.39 is 11.7 Å². The van der Waals surface area contributed by atoms with Crippen LogP contribution in [0.2, 0.25) is 0 Å². The molecule has 0 bridgehead atoms. The lowest BCUT2D eigenvalue weighted by molar-refractivity contribution is -0.168. The minimum Gasteiger partial charge on any atom is -0.444 e. The second-order valence-electron chi connectivity index (χ2n) is 4.88. The average Bonchev–Trinajstić information content (AvgIpc) is 2.26. The Labute approximate surface area is 109 Å². The summed E-state index contributed by atoms with van der Waals surface area (Å²) >= 11 is 0. The summed E-state index contributed by atoms with van der Waals surface area (Å²) in [6.45, 7) is 8.08. The van der Waals surface area contributed by atoms with Crippen LogP contribution in [0.3, 0.4) is 0 Å². The molecule has 0 heterocycles. The quantitative estimate of drug-likeness (QED) is 0.705. The minimum atomic E-state index is -0.530. The Balaban J connectivity index is 4.27. The summed E-state index contributed by atoms with van der Waals surface area (Å²) in [5, 5.41) is 1.14. The van der Waals surface area contributed by atoms with Crippen LogP contribution < -0.4 is 0 Å². The molecule has 0 spiro atoms. The van der Waals surface area contributed by atoms with Gasteiger partial charge in [-0.25, -0.2) is 9.86 Å². The molecular formula is C12H24N2O4. The molecule has 0 aromatic carbocycles. The van der Waals surface area contributed by atoms with Gasteiger partial charge in [0.2, 0.25) is 5.91 Å².